The fraction of sp³-hybridized carbons (Fsp3) is 0.300. The number of aliphatic imine (C=N–C) groups is 1. The van der Waals surface area contributed by atoms with Crippen molar-refractivity contribution in [2.24, 2.45) is 10.1 Å². The van der Waals surface area contributed by atoms with Crippen LogP contribution in [0, 0.1) is 13.8 Å². The molecule has 5 nitrogen and oxygen atoms in total. The Labute approximate surface area is 148 Å². The quantitative estimate of drug-likeness (QED) is 0.650. The molecule has 0 saturated carbocycles. The smallest absolute Gasteiger partial charge is 0.152 e. The van der Waals surface area contributed by atoms with Crippen LogP contribution in [0.25, 0.3) is 0 Å². The Bertz CT molecular complexity index is 812. The molecule has 2 aromatic rings. The Morgan fingerprint density at radius 3 is 2.80 bits per heavy atom. The summed E-state index contributed by atoms with van der Waals surface area (Å²) in [6.07, 6.45) is 0. The van der Waals surface area contributed by atoms with E-state index in [0.29, 0.717) is 12.3 Å². The number of hydrogen-bond acceptors (Lipinski definition) is 5. The predicted octanol–water partition coefficient (Wildman–Crippen LogP) is 3.23. The summed E-state index contributed by atoms with van der Waals surface area (Å²) in [5.41, 5.74) is 5.01. The molecule has 25 heavy (non-hydrogen) atoms. The van der Waals surface area contributed by atoms with Gasteiger partial charge in [0, 0.05) is 12.1 Å². The van der Waals surface area contributed by atoms with E-state index in [4.69, 9.17) is 9.57 Å². The molecule has 0 spiro atoms. The third-order valence-corrected chi connectivity index (χ3v) is 4.08. The third-order valence-electron chi connectivity index (χ3n) is 4.08. The van der Waals surface area contributed by atoms with E-state index in [1.807, 2.05) is 24.3 Å². The first-order valence-corrected chi connectivity index (χ1v) is 8.37. The molecule has 1 aliphatic heterocycles. The fourth-order valence-electron chi connectivity index (χ4n) is 2.76. The zero-order chi connectivity index (χ0) is 17.6. The number of ether oxygens (including phenoxy) is 1. The van der Waals surface area contributed by atoms with Crippen LogP contribution in [0.2, 0.25) is 0 Å². The van der Waals surface area contributed by atoms with Gasteiger partial charge in [-0.15, -0.1) is 0 Å². The zero-order valence-electron chi connectivity index (χ0n) is 14.9. The summed E-state index contributed by atoms with van der Waals surface area (Å²) >= 11 is 0. The molecular weight excluding hydrogens is 314 g/mol. The summed E-state index contributed by atoms with van der Waals surface area (Å²) in [4.78, 5) is 9.52. The standard InChI is InChI=1S/C20H23N3O2/c1-14-8-9-15(2)18(12-14)25-13-16-6-4-5-7-17(16)19(23-24-3)20-21-10-11-22-20/h4-9,12H,10-11,13H2,1-3H3,(H,21,22). The van der Waals surface area contributed by atoms with E-state index in [9.17, 15) is 0 Å². The molecule has 0 bridgehead atoms. The molecule has 0 aromatic heterocycles. The van der Waals surface area contributed by atoms with Gasteiger partial charge in [0.05, 0.1) is 6.54 Å². The van der Waals surface area contributed by atoms with Crippen LogP contribution in [-0.2, 0) is 11.4 Å². The maximum Gasteiger partial charge on any atom is 0.152 e. The molecule has 1 heterocycles. The fourth-order valence-corrected chi connectivity index (χ4v) is 2.76. The summed E-state index contributed by atoms with van der Waals surface area (Å²) < 4.78 is 6.08. The van der Waals surface area contributed by atoms with Gasteiger partial charge in [0.15, 0.2) is 11.5 Å². The second kappa shape index (κ2) is 7.83. The molecule has 0 fully saturated rings. The van der Waals surface area contributed by atoms with Crippen LogP contribution in [0.3, 0.4) is 0 Å². The highest BCUT2D eigenvalue weighted by atomic mass is 16.6. The van der Waals surface area contributed by atoms with E-state index in [-0.39, 0.29) is 0 Å². The molecule has 1 aliphatic rings. The molecule has 0 radical (unpaired) electrons. The Kier molecular flexibility index (Phi) is 5.33. The second-order valence-electron chi connectivity index (χ2n) is 5.99. The van der Waals surface area contributed by atoms with Crippen molar-refractivity contribution in [3.63, 3.8) is 0 Å². The largest absolute Gasteiger partial charge is 0.489 e. The number of benzene rings is 2. The normalized spacial score (nSPS) is 14.0. The Hall–Kier alpha value is -2.82. The lowest BCUT2D eigenvalue weighted by atomic mass is 10.0. The number of nitrogens with zero attached hydrogens (tertiary/aromatic N) is 2. The highest BCUT2D eigenvalue weighted by molar-refractivity contribution is 6.48. The van der Waals surface area contributed by atoms with Crippen molar-refractivity contribution in [3.05, 3.63) is 64.7 Å². The lowest BCUT2D eigenvalue weighted by Gasteiger charge is -2.14. The minimum atomic E-state index is 0.455. The van der Waals surface area contributed by atoms with E-state index in [1.54, 1.807) is 7.11 Å². The Morgan fingerprint density at radius 2 is 2.04 bits per heavy atom. The maximum atomic E-state index is 6.08. The lowest BCUT2D eigenvalue weighted by Crippen LogP contribution is -2.29. The van der Waals surface area contributed by atoms with Crippen LogP contribution in [-0.4, -0.2) is 31.7 Å². The lowest BCUT2D eigenvalue weighted by molar-refractivity contribution is 0.214. The van der Waals surface area contributed by atoms with Gasteiger partial charge in [0.25, 0.3) is 0 Å². The first-order valence-electron chi connectivity index (χ1n) is 8.37. The molecule has 1 N–H and O–H groups in total. The summed E-state index contributed by atoms with van der Waals surface area (Å²) in [7, 11) is 1.55. The molecule has 130 valence electrons. The van der Waals surface area contributed by atoms with E-state index in [0.717, 1.165) is 41.4 Å². The SMILES string of the molecule is CON=C(C1=NCCN1)c1ccccc1COc1cc(C)ccc1C. The molecule has 0 aliphatic carbocycles. The van der Waals surface area contributed by atoms with E-state index >= 15 is 0 Å². The summed E-state index contributed by atoms with van der Waals surface area (Å²) in [6, 6.07) is 14.3. The molecule has 0 unspecified atom stereocenters. The van der Waals surface area contributed by atoms with Crippen molar-refractivity contribution in [2.75, 3.05) is 20.2 Å². The van der Waals surface area contributed by atoms with Crippen molar-refractivity contribution in [1.29, 1.82) is 0 Å². The molecular formula is C20H23N3O2. The molecule has 0 amide bonds. The van der Waals surface area contributed by atoms with Gasteiger partial charge in [0.1, 0.15) is 19.5 Å². The van der Waals surface area contributed by atoms with Crippen LogP contribution < -0.4 is 10.1 Å². The topological polar surface area (TPSA) is 55.2 Å². The Morgan fingerprint density at radius 1 is 1.20 bits per heavy atom. The number of oxime groups is 1. The summed E-state index contributed by atoms with van der Waals surface area (Å²) in [6.45, 7) is 6.14. The van der Waals surface area contributed by atoms with Crippen molar-refractivity contribution in [2.45, 2.75) is 20.5 Å². The summed E-state index contributed by atoms with van der Waals surface area (Å²) in [5, 5.41) is 7.45. The molecule has 0 atom stereocenters. The predicted molar refractivity (Wildman–Crippen MR) is 101 cm³/mol. The van der Waals surface area contributed by atoms with E-state index < -0.39 is 0 Å². The first kappa shape index (κ1) is 17.0. The molecule has 3 rings (SSSR count). The van der Waals surface area contributed by atoms with Gasteiger partial charge < -0.3 is 14.9 Å². The molecule has 5 heteroatoms. The Balaban J connectivity index is 1.87. The number of amidine groups is 1. The van der Waals surface area contributed by atoms with Gasteiger partial charge in [0.2, 0.25) is 0 Å². The van der Waals surface area contributed by atoms with Gasteiger partial charge in [-0.1, -0.05) is 41.6 Å². The minimum Gasteiger partial charge on any atom is -0.489 e. The van der Waals surface area contributed by atoms with Gasteiger partial charge in [-0.3, -0.25) is 4.99 Å². The van der Waals surface area contributed by atoms with E-state index in [1.165, 1.54) is 5.56 Å². The second-order valence-corrected chi connectivity index (χ2v) is 5.99. The van der Waals surface area contributed by atoms with Gasteiger partial charge >= 0.3 is 0 Å². The van der Waals surface area contributed by atoms with Gasteiger partial charge in [-0.2, -0.15) is 0 Å². The molecule has 2 aromatic carbocycles. The first-order chi connectivity index (χ1) is 12.2. The highest BCUT2D eigenvalue weighted by Gasteiger charge is 2.19. The van der Waals surface area contributed by atoms with Gasteiger partial charge in [-0.05, 0) is 36.6 Å². The summed E-state index contributed by atoms with van der Waals surface area (Å²) in [5.74, 6) is 1.66. The van der Waals surface area contributed by atoms with Crippen molar-refractivity contribution in [3.8, 4) is 5.75 Å². The van der Waals surface area contributed by atoms with Crippen LogP contribution >= 0.6 is 0 Å². The zero-order valence-corrected chi connectivity index (χ0v) is 14.9. The number of nitrogens with one attached hydrogen (secondary N) is 1. The van der Waals surface area contributed by atoms with Crippen molar-refractivity contribution >= 4 is 11.5 Å². The minimum absolute atomic E-state index is 0.455. The average molecular weight is 337 g/mol. The maximum absolute atomic E-state index is 6.08. The van der Waals surface area contributed by atoms with Crippen LogP contribution in [0.4, 0.5) is 0 Å². The highest BCUT2D eigenvalue weighted by Crippen LogP contribution is 2.22. The monoisotopic (exact) mass is 337 g/mol. The number of hydrogen-bond donors (Lipinski definition) is 1. The number of rotatable bonds is 6. The van der Waals surface area contributed by atoms with Gasteiger partial charge in [-0.25, -0.2) is 0 Å². The third kappa shape index (κ3) is 3.99. The van der Waals surface area contributed by atoms with Crippen molar-refractivity contribution in [1.82, 2.24) is 5.32 Å². The number of aryl methyl sites for hydroxylation is 2. The van der Waals surface area contributed by atoms with E-state index in [2.05, 4.69) is 47.5 Å². The molecule has 0 saturated heterocycles. The van der Waals surface area contributed by atoms with Crippen LogP contribution in [0.1, 0.15) is 22.3 Å². The average Bonchev–Trinajstić information content (AvgIpc) is 3.15. The van der Waals surface area contributed by atoms with Crippen molar-refractivity contribution < 1.29 is 9.57 Å². The van der Waals surface area contributed by atoms with Crippen LogP contribution in [0.15, 0.2) is 52.6 Å². The van der Waals surface area contributed by atoms with Crippen LogP contribution in [0.5, 0.6) is 5.75 Å².